The minimum Gasteiger partial charge on any atom is -0.497 e. The predicted octanol–water partition coefficient (Wildman–Crippen LogP) is 5.19. The van der Waals surface area contributed by atoms with Gasteiger partial charge in [0.15, 0.2) is 6.10 Å². The molecule has 7 nitrogen and oxygen atoms in total. The van der Waals surface area contributed by atoms with Crippen molar-refractivity contribution < 1.29 is 23.5 Å². The lowest BCUT2D eigenvalue weighted by molar-refractivity contribution is -0.126. The van der Waals surface area contributed by atoms with Gasteiger partial charge in [-0.05, 0) is 68.2 Å². The molecule has 1 heterocycles. The van der Waals surface area contributed by atoms with Crippen LogP contribution < -0.4 is 15.0 Å². The van der Waals surface area contributed by atoms with Crippen LogP contribution in [0.5, 0.6) is 5.75 Å². The zero-order valence-corrected chi connectivity index (χ0v) is 21.1. The van der Waals surface area contributed by atoms with E-state index in [0.29, 0.717) is 24.5 Å². The van der Waals surface area contributed by atoms with Crippen LogP contribution in [0, 0.1) is 5.82 Å². The number of carbonyl (C=O) groups is 2. The molecule has 3 aromatic carbocycles. The summed E-state index contributed by atoms with van der Waals surface area (Å²) in [6.07, 6.45) is -1.91. The number of methoxy groups -OCH3 is 1. The van der Waals surface area contributed by atoms with Crippen LogP contribution in [0.1, 0.15) is 10.8 Å². The van der Waals surface area contributed by atoms with E-state index in [9.17, 15) is 14.0 Å². The van der Waals surface area contributed by atoms with Crippen LogP contribution in [0.25, 0.3) is 0 Å². The van der Waals surface area contributed by atoms with Gasteiger partial charge in [0, 0.05) is 23.7 Å². The topological polar surface area (TPSA) is 71.1 Å². The molecule has 1 aliphatic heterocycles. The fourth-order valence-corrected chi connectivity index (χ4v) is 5.17. The summed E-state index contributed by atoms with van der Waals surface area (Å²) in [7, 11) is 5.46. The number of para-hydroxylation sites is 1. The van der Waals surface area contributed by atoms with Gasteiger partial charge in [-0.2, -0.15) is 0 Å². The van der Waals surface area contributed by atoms with Gasteiger partial charge in [-0.25, -0.2) is 9.18 Å². The Bertz CT molecular complexity index is 1200. The maximum absolute atomic E-state index is 14.0. The Hall–Kier alpha value is -3.56. The predicted molar refractivity (Wildman–Crippen MR) is 139 cm³/mol. The number of thioether (sulfide) groups is 1. The van der Waals surface area contributed by atoms with E-state index in [1.165, 1.54) is 36.0 Å². The number of hydrogen-bond donors (Lipinski definition) is 1. The Morgan fingerprint density at radius 1 is 1.06 bits per heavy atom. The van der Waals surface area contributed by atoms with Gasteiger partial charge in [-0.15, -0.1) is 11.8 Å². The highest BCUT2D eigenvalue weighted by molar-refractivity contribution is 7.99. The molecule has 0 spiro atoms. The minimum atomic E-state index is -1.11. The largest absolute Gasteiger partial charge is 0.497 e. The summed E-state index contributed by atoms with van der Waals surface area (Å²) < 4.78 is 24.4. The van der Waals surface area contributed by atoms with Gasteiger partial charge < -0.3 is 19.3 Å². The Kier molecular flexibility index (Phi) is 8.12. The first-order valence-corrected chi connectivity index (χ1v) is 12.3. The number of likely N-dealkylation sites (N-methyl/N-ethyl adjacent to an activating group) is 1. The van der Waals surface area contributed by atoms with Crippen molar-refractivity contribution in [2.24, 2.45) is 0 Å². The van der Waals surface area contributed by atoms with Crippen molar-refractivity contribution in [3.63, 3.8) is 0 Å². The zero-order chi connectivity index (χ0) is 25.7. The van der Waals surface area contributed by atoms with Gasteiger partial charge in [-0.1, -0.05) is 24.3 Å². The van der Waals surface area contributed by atoms with E-state index in [-0.39, 0.29) is 5.91 Å². The Morgan fingerprint density at radius 2 is 1.75 bits per heavy atom. The lowest BCUT2D eigenvalue weighted by atomic mass is 10.1. The molecule has 0 saturated heterocycles. The van der Waals surface area contributed by atoms with Crippen LogP contribution in [0.4, 0.5) is 20.6 Å². The molecule has 3 aromatic rings. The molecule has 0 aromatic heterocycles. The van der Waals surface area contributed by atoms with Crippen LogP contribution in [-0.2, 0) is 9.53 Å². The van der Waals surface area contributed by atoms with Crippen LogP contribution in [0.3, 0.4) is 0 Å². The molecule has 0 aliphatic carbocycles. The van der Waals surface area contributed by atoms with Gasteiger partial charge in [0.25, 0.3) is 5.91 Å². The summed E-state index contributed by atoms with van der Waals surface area (Å²) in [4.78, 5) is 31.5. The molecular formula is C27H28FN3O4S. The van der Waals surface area contributed by atoms with E-state index in [4.69, 9.17) is 9.47 Å². The quantitative estimate of drug-likeness (QED) is 0.473. The summed E-state index contributed by atoms with van der Waals surface area (Å²) in [6, 6.07) is 20.4. The molecule has 36 heavy (non-hydrogen) atoms. The first-order chi connectivity index (χ1) is 17.4. The molecule has 1 N–H and O–H groups in total. The smallest absolute Gasteiger partial charge is 0.412 e. The van der Waals surface area contributed by atoms with E-state index in [0.717, 1.165) is 16.1 Å². The van der Waals surface area contributed by atoms with E-state index < -0.39 is 23.3 Å². The van der Waals surface area contributed by atoms with Crippen molar-refractivity contribution >= 4 is 35.1 Å². The molecule has 0 unspecified atom stereocenters. The van der Waals surface area contributed by atoms with Crippen molar-refractivity contribution in [1.29, 1.82) is 0 Å². The summed E-state index contributed by atoms with van der Waals surface area (Å²) in [5, 5.41) is 2.09. The first-order valence-electron chi connectivity index (χ1n) is 11.4. The van der Waals surface area contributed by atoms with Gasteiger partial charge in [0.1, 0.15) is 11.6 Å². The third-order valence-electron chi connectivity index (χ3n) is 5.73. The van der Waals surface area contributed by atoms with E-state index in [1.807, 2.05) is 67.5 Å². The third kappa shape index (κ3) is 5.98. The maximum Gasteiger partial charge on any atom is 0.412 e. The molecule has 188 valence electrons. The summed E-state index contributed by atoms with van der Waals surface area (Å²) in [6.45, 7) is 1.06. The minimum absolute atomic E-state index is 0.315. The van der Waals surface area contributed by atoms with Crippen LogP contribution >= 0.6 is 11.8 Å². The van der Waals surface area contributed by atoms with Crippen molar-refractivity contribution in [2.75, 3.05) is 44.5 Å². The summed E-state index contributed by atoms with van der Waals surface area (Å²) in [5.41, 5.74) is 1.96. The molecule has 0 saturated carbocycles. The summed E-state index contributed by atoms with van der Waals surface area (Å²) in [5.74, 6) is -0.0502. The average molecular weight is 510 g/mol. The average Bonchev–Trinajstić information content (AvgIpc) is 2.98. The number of benzene rings is 3. The Balaban J connectivity index is 1.70. The number of nitrogens with zero attached hydrogens (tertiary/aromatic N) is 2. The third-order valence-corrected chi connectivity index (χ3v) is 7.11. The number of fused-ring (bicyclic) bond motifs is 1. The van der Waals surface area contributed by atoms with Crippen LogP contribution in [-0.4, -0.2) is 57.3 Å². The van der Waals surface area contributed by atoms with Crippen LogP contribution in [0.2, 0.25) is 0 Å². The monoisotopic (exact) mass is 509 g/mol. The molecule has 9 heteroatoms. The Labute approximate surface area is 214 Å². The number of carbonyl (C=O) groups excluding carboxylic acids is 2. The van der Waals surface area contributed by atoms with Gasteiger partial charge in [-0.3, -0.25) is 10.1 Å². The van der Waals surface area contributed by atoms with Crippen molar-refractivity contribution in [2.45, 2.75) is 16.2 Å². The molecule has 4 rings (SSSR count). The molecule has 2 atom stereocenters. The molecule has 0 bridgehead atoms. The second-order valence-electron chi connectivity index (χ2n) is 8.53. The van der Waals surface area contributed by atoms with Crippen molar-refractivity contribution in [1.82, 2.24) is 4.90 Å². The fourth-order valence-electron chi connectivity index (χ4n) is 3.86. The number of rotatable bonds is 7. The zero-order valence-electron chi connectivity index (χ0n) is 20.3. The van der Waals surface area contributed by atoms with E-state index in [2.05, 4.69) is 5.32 Å². The van der Waals surface area contributed by atoms with Gasteiger partial charge in [0.2, 0.25) is 0 Å². The first kappa shape index (κ1) is 25.5. The second-order valence-corrected chi connectivity index (χ2v) is 9.71. The second kappa shape index (κ2) is 11.5. The number of ether oxygens (including phenoxy) is 2. The maximum atomic E-state index is 14.0. The van der Waals surface area contributed by atoms with Crippen LogP contribution in [0.15, 0.2) is 77.7 Å². The normalized spacial score (nSPS) is 17.4. The lowest BCUT2D eigenvalue weighted by Crippen LogP contribution is -2.45. The fraction of sp³-hybridized carbons (Fsp3) is 0.259. The van der Waals surface area contributed by atoms with Gasteiger partial charge in [0.05, 0.1) is 18.0 Å². The van der Waals surface area contributed by atoms with E-state index in [1.54, 1.807) is 12.0 Å². The number of amides is 2. The number of nitrogens with one attached hydrogen (secondary N) is 1. The highest BCUT2D eigenvalue weighted by Gasteiger charge is 2.41. The SMILES string of the molecule is COc1ccc([C@H]2Sc3ccccc3N(CCN(C)C)C(=O)[C@H]2OC(=O)Nc2ccc(F)cc2)cc1. The van der Waals surface area contributed by atoms with E-state index >= 15 is 0 Å². The number of anilines is 2. The van der Waals surface area contributed by atoms with Crippen molar-refractivity contribution in [3.8, 4) is 5.75 Å². The van der Waals surface area contributed by atoms with Crippen molar-refractivity contribution in [3.05, 3.63) is 84.2 Å². The lowest BCUT2D eigenvalue weighted by Gasteiger charge is -2.28. The highest BCUT2D eigenvalue weighted by atomic mass is 32.2. The molecule has 1 aliphatic rings. The number of halogens is 1. The molecule has 0 fully saturated rings. The highest BCUT2D eigenvalue weighted by Crippen LogP contribution is 2.46. The van der Waals surface area contributed by atoms with Gasteiger partial charge >= 0.3 is 6.09 Å². The molecule has 2 amide bonds. The molecule has 0 radical (unpaired) electrons. The number of hydrogen-bond acceptors (Lipinski definition) is 6. The standard InChI is InChI=1S/C27H28FN3O4S/c1-30(2)16-17-31-22-6-4-5-7-23(22)36-25(18-8-14-21(34-3)15-9-18)24(26(31)32)35-27(33)29-20-12-10-19(28)11-13-20/h4-15,24-25H,16-17H2,1-3H3,(H,29,33)/t24-,25+/m0/s1. The molecular weight excluding hydrogens is 481 g/mol. The Morgan fingerprint density at radius 3 is 2.42 bits per heavy atom. The summed E-state index contributed by atoms with van der Waals surface area (Å²) >= 11 is 1.47.